The van der Waals surface area contributed by atoms with Gasteiger partial charge in [0.25, 0.3) is 0 Å². The van der Waals surface area contributed by atoms with Gasteiger partial charge in [0.05, 0.1) is 5.52 Å². The summed E-state index contributed by atoms with van der Waals surface area (Å²) >= 11 is 0. The predicted octanol–water partition coefficient (Wildman–Crippen LogP) is 3.53. The molecule has 0 bridgehead atoms. The molecule has 0 saturated heterocycles. The number of carbonyl (C=O) groups excluding carboxylic acids is 1. The van der Waals surface area contributed by atoms with Crippen LogP contribution >= 0.6 is 0 Å². The lowest BCUT2D eigenvalue weighted by Gasteiger charge is -2.16. The van der Waals surface area contributed by atoms with E-state index in [1.54, 1.807) is 18.9 Å². The van der Waals surface area contributed by atoms with Crippen molar-refractivity contribution in [3.8, 4) is 11.3 Å². The van der Waals surface area contributed by atoms with Crippen molar-refractivity contribution in [2.24, 2.45) is 7.05 Å². The molecule has 0 spiro atoms. The molecule has 0 aliphatic rings. The zero-order valence-corrected chi connectivity index (χ0v) is 13.3. The van der Waals surface area contributed by atoms with E-state index in [1.165, 1.54) is 0 Å². The topological polar surface area (TPSA) is 38.1 Å². The van der Waals surface area contributed by atoms with Crippen LogP contribution < -0.4 is 4.90 Å². The number of nitrogens with zero attached hydrogens (tertiary/aromatic N) is 3. The molecule has 0 radical (unpaired) electrons. The van der Waals surface area contributed by atoms with Gasteiger partial charge in [0.15, 0.2) is 0 Å². The number of hydrogen-bond acceptors (Lipinski definition) is 2. The van der Waals surface area contributed by atoms with E-state index in [1.807, 2.05) is 31.3 Å². The van der Waals surface area contributed by atoms with Crippen molar-refractivity contribution in [1.82, 2.24) is 9.55 Å². The van der Waals surface area contributed by atoms with Gasteiger partial charge in [-0.3, -0.25) is 9.78 Å². The molecule has 1 aromatic carbocycles. The minimum atomic E-state index is 0.0222. The maximum absolute atomic E-state index is 11.5. The lowest BCUT2D eigenvalue weighted by Crippen LogP contribution is -2.22. The molecule has 0 fully saturated rings. The van der Waals surface area contributed by atoms with Crippen LogP contribution in [-0.2, 0) is 11.8 Å². The molecule has 4 heteroatoms. The fourth-order valence-electron chi connectivity index (χ4n) is 2.66. The standard InChI is InChI=1S/C18H19N3O/c1-12-8-17-15(11-19-12)10-18(21(17)4)14-6-5-7-16(9-14)20(3)13(2)22/h5-11H,1-4H3. The van der Waals surface area contributed by atoms with Gasteiger partial charge in [0.2, 0.25) is 5.91 Å². The summed E-state index contributed by atoms with van der Waals surface area (Å²) in [6, 6.07) is 12.2. The minimum absolute atomic E-state index is 0.0222. The Balaban J connectivity index is 2.13. The minimum Gasteiger partial charge on any atom is -0.344 e. The summed E-state index contributed by atoms with van der Waals surface area (Å²) in [6.07, 6.45) is 1.90. The van der Waals surface area contributed by atoms with Crippen molar-refractivity contribution in [2.45, 2.75) is 13.8 Å². The number of amides is 1. The molecule has 2 heterocycles. The Morgan fingerprint density at radius 2 is 2.00 bits per heavy atom. The summed E-state index contributed by atoms with van der Waals surface area (Å²) in [4.78, 5) is 17.6. The molecular weight excluding hydrogens is 274 g/mol. The van der Waals surface area contributed by atoms with Crippen LogP contribution in [0.5, 0.6) is 0 Å². The van der Waals surface area contributed by atoms with E-state index in [-0.39, 0.29) is 5.91 Å². The van der Waals surface area contributed by atoms with Crippen LogP contribution in [0.25, 0.3) is 22.2 Å². The predicted molar refractivity (Wildman–Crippen MR) is 90.0 cm³/mol. The fraction of sp³-hybridized carbons (Fsp3) is 0.222. The molecule has 4 nitrogen and oxygen atoms in total. The van der Waals surface area contributed by atoms with E-state index in [2.05, 4.69) is 34.8 Å². The third-order valence-electron chi connectivity index (χ3n) is 4.07. The highest BCUT2D eigenvalue weighted by atomic mass is 16.2. The molecule has 0 N–H and O–H groups in total. The van der Waals surface area contributed by atoms with Gasteiger partial charge in [-0.15, -0.1) is 0 Å². The highest BCUT2D eigenvalue weighted by molar-refractivity contribution is 5.92. The molecule has 2 aromatic heterocycles. The quantitative estimate of drug-likeness (QED) is 0.725. The van der Waals surface area contributed by atoms with Crippen LogP contribution in [0.3, 0.4) is 0 Å². The Morgan fingerprint density at radius 1 is 1.23 bits per heavy atom. The molecule has 0 aliphatic carbocycles. The van der Waals surface area contributed by atoms with Gasteiger partial charge in [0, 0.05) is 55.2 Å². The van der Waals surface area contributed by atoms with E-state index in [0.717, 1.165) is 33.5 Å². The van der Waals surface area contributed by atoms with Gasteiger partial charge in [-0.05, 0) is 31.2 Å². The van der Waals surface area contributed by atoms with Crippen LogP contribution in [0.15, 0.2) is 42.6 Å². The van der Waals surface area contributed by atoms with Crippen LogP contribution in [0.2, 0.25) is 0 Å². The van der Waals surface area contributed by atoms with Gasteiger partial charge < -0.3 is 9.47 Å². The van der Waals surface area contributed by atoms with Crippen molar-refractivity contribution in [2.75, 3.05) is 11.9 Å². The average Bonchev–Trinajstić information content (AvgIpc) is 2.83. The zero-order chi connectivity index (χ0) is 15.9. The maximum atomic E-state index is 11.5. The van der Waals surface area contributed by atoms with Gasteiger partial charge >= 0.3 is 0 Å². The molecule has 0 unspecified atom stereocenters. The summed E-state index contributed by atoms with van der Waals surface area (Å²) in [5.74, 6) is 0.0222. The Hall–Kier alpha value is -2.62. The lowest BCUT2D eigenvalue weighted by atomic mass is 10.1. The molecular formula is C18H19N3O. The summed E-state index contributed by atoms with van der Waals surface area (Å²) in [6.45, 7) is 3.56. The lowest BCUT2D eigenvalue weighted by molar-refractivity contribution is -0.116. The monoisotopic (exact) mass is 293 g/mol. The first kappa shape index (κ1) is 14.3. The first-order chi connectivity index (χ1) is 10.5. The number of fused-ring (bicyclic) bond motifs is 1. The van der Waals surface area contributed by atoms with Crippen molar-refractivity contribution in [3.63, 3.8) is 0 Å². The average molecular weight is 293 g/mol. The second kappa shape index (κ2) is 5.30. The SMILES string of the molecule is CC(=O)N(C)c1cccc(-c2cc3cnc(C)cc3n2C)c1. The molecule has 3 aromatic rings. The van der Waals surface area contributed by atoms with E-state index in [9.17, 15) is 4.79 Å². The molecule has 0 atom stereocenters. The maximum Gasteiger partial charge on any atom is 0.223 e. The van der Waals surface area contributed by atoms with Crippen LogP contribution in [0, 0.1) is 6.92 Å². The summed E-state index contributed by atoms with van der Waals surface area (Å²) < 4.78 is 2.16. The first-order valence-electron chi connectivity index (χ1n) is 7.24. The first-order valence-corrected chi connectivity index (χ1v) is 7.24. The van der Waals surface area contributed by atoms with Crippen LogP contribution in [-0.4, -0.2) is 22.5 Å². The van der Waals surface area contributed by atoms with Gasteiger partial charge in [-0.2, -0.15) is 0 Å². The van der Waals surface area contributed by atoms with Crippen molar-refractivity contribution in [3.05, 3.63) is 48.3 Å². The number of benzene rings is 1. The number of rotatable bonds is 2. The molecule has 3 rings (SSSR count). The number of carbonyl (C=O) groups is 1. The van der Waals surface area contributed by atoms with Crippen molar-refractivity contribution in [1.29, 1.82) is 0 Å². The Bertz CT molecular complexity index is 864. The molecule has 22 heavy (non-hydrogen) atoms. The van der Waals surface area contributed by atoms with Crippen molar-refractivity contribution >= 4 is 22.5 Å². The van der Waals surface area contributed by atoms with E-state index >= 15 is 0 Å². The Labute approximate surface area is 130 Å². The molecule has 0 saturated carbocycles. The summed E-state index contributed by atoms with van der Waals surface area (Å²) in [7, 11) is 3.84. The van der Waals surface area contributed by atoms with Crippen LogP contribution in [0.4, 0.5) is 5.69 Å². The number of aryl methyl sites for hydroxylation is 2. The van der Waals surface area contributed by atoms with E-state index in [0.29, 0.717) is 0 Å². The summed E-state index contributed by atoms with van der Waals surface area (Å²) in [5.41, 5.74) is 5.26. The van der Waals surface area contributed by atoms with E-state index in [4.69, 9.17) is 0 Å². The number of anilines is 1. The molecule has 0 aliphatic heterocycles. The van der Waals surface area contributed by atoms with E-state index < -0.39 is 0 Å². The molecule has 1 amide bonds. The largest absolute Gasteiger partial charge is 0.344 e. The molecule has 112 valence electrons. The van der Waals surface area contributed by atoms with Gasteiger partial charge in [-0.25, -0.2) is 0 Å². The zero-order valence-electron chi connectivity index (χ0n) is 13.3. The smallest absolute Gasteiger partial charge is 0.223 e. The Kier molecular flexibility index (Phi) is 3.45. The van der Waals surface area contributed by atoms with Gasteiger partial charge in [0.1, 0.15) is 0 Å². The fourth-order valence-corrected chi connectivity index (χ4v) is 2.66. The van der Waals surface area contributed by atoms with Gasteiger partial charge in [-0.1, -0.05) is 12.1 Å². The number of hydrogen-bond donors (Lipinski definition) is 0. The Morgan fingerprint density at radius 3 is 2.73 bits per heavy atom. The second-order valence-corrected chi connectivity index (χ2v) is 5.60. The third-order valence-corrected chi connectivity index (χ3v) is 4.07. The highest BCUT2D eigenvalue weighted by Crippen LogP contribution is 2.29. The number of pyridine rings is 1. The normalized spacial score (nSPS) is 10.9. The van der Waals surface area contributed by atoms with Crippen molar-refractivity contribution < 1.29 is 4.79 Å². The third kappa shape index (κ3) is 2.37. The second-order valence-electron chi connectivity index (χ2n) is 5.60. The van der Waals surface area contributed by atoms with Crippen LogP contribution in [0.1, 0.15) is 12.6 Å². The number of aromatic nitrogens is 2. The highest BCUT2D eigenvalue weighted by Gasteiger charge is 2.11. The summed E-state index contributed by atoms with van der Waals surface area (Å²) in [5, 5.41) is 1.12.